The summed E-state index contributed by atoms with van der Waals surface area (Å²) in [5.41, 5.74) is 0. The van der Waals surface area contributed by atoms with Crippen LogP contribution >= 0.6 is 0 Å². The number of ether oxygens (including phenoxy) is 1. The van der Waals surface area contributed by atoms with Crippen LogP contribution in [0, 0.1) is 0 Å². The SMILES string of the molecule is CCc1nccn1CCC(=O)N1[C@@H]2CC[C@H]1CC(OC)C2. The smallest absolute Gasteiger partial charge is 0.224 e. The van der Waals surface area contributed by atoms with Crippen molar-refractivity contribution in [3.8, 4) is 0 Å². The maximum atomic E-state index is 12.6. The van der Waals surface area contributed by atoms with Gasteiger partial charge < -0.3 is 14.2 Å². The Morgan fingerprint density at radius 1 is 1.38 bits per heavy atom. The summed E-state index contributed by atoms with van der Waals surface area (Å²) in [6.07, 6.45) is 9.90. The van der Waals surface area contributed by atoms with E-state index < -0.39 is 0 Å². The number of methoxy groups -OCH3 is 1. The van der Waals surface area contributed by atoms with E-state index in [1.165, 1.54) is 0 Å². The summed E-state index contributed by atoms with van der Waals surface area (Å²) in [5, 5.41) is 0. The third-order valence-electron chi connectivity index (χ3n) is 5.00. The molecule has 0 radical (unpaired) electrons. The van der Waals surface area contributed by atoms with Crippen LogP contribution in [0.25, 0.3) is 0 Å². The summed E-state index contributed by atoms with van der Waals surface area (Å²) in [7, 11) is 1.78. The zero-order valence-electron chi connectivity index (χ0n) is 13.0. The molecule has 0 saturated carbocycles. The lowest BCUT2D eigenvalue weighted by Crippen LogP contribution is -2.48. The fraction of sp³-hybridized carbons (Fsp3) is 0.750. The first kappa shape index (κ1) is 14.6. The van der Waals surface area contributed by atoms with Crippen LogP contribution in [0.2, 0.25) is 0 Å². The van der Waals surface area contributed by atoms with Crippen LogP contribution in [-0.4, -0.2) is 45.7 Å². The lowest BCUT2D eigenvalue weighted by Gasteiger charge is -2.38. The molecule has 1 amide bonds. The predicted octanol–water partition coefficient (Wildman–Crippen LogP) is 2.00. The molecule has 3 rings (SSSR count). The topological polar surface area (TPSA) is 47.4 Å². The number of aromatic nitrogens is 2. The number of piperidine rings is 1. The minimum atomic E-state index is 0.299. The molecule has 5 nitrogen and oxygen atoms in total. The van der Waals surface area contributed by atoms with Gasteiger partial charge in [0, 0.05) is 51.0 Å². The van der Waals surface area contributed by atoms with Gasteiger partial charge in [0.05, 0.1) is 6.10 Å². The molecule has 3 heterocycles. The summed E-state index contributed by atoms with van der Waals surface area (Å²) in [4.78, 5) is 19.1. The van der Waals surface area contributed by atoms with Gasteiger partial charge in [0.1, 0.15) is 5.82 Å². The highest BCUT2D eigenvalue weighted by Gasteiger charge is 2.42. The van der Waals surface area contributed by atoms with E-state index in [9.17, 15) is 4.79 Å². The monoisotopic (exact) mass is 291 g/mol. The molecule has 3 atom stereocenters. The molecule has 2 saturated heterocycles. The number of fused-ring (bicyclic) bond motifs is 2. The molecule has 2 fully saturated rings. The first-order chi connectivity index (χ1) is 10.2. The Bertz CT molecular complexity index is 485. The van der Waals surface area contributed by atoms with Crippen molar-refractivity contribution in [3.05, 3.63) is 18.2 Å². The average Bonchev–Trinajstić information content (AvgIpc) is 3.06. The molecular formula is C16H25N3O2. The maximum absolute atomic E-state index is 12.6. The molecule has 0 aliphatic carbocycles. The fourth-order valence-electron chi connectivity index (χ4n) is 3.93. The minimum absolute atomic E-state index is 0.299. The molecule has 2 aliphatic heterocycles. The van der Waals surface area contributed by atoms with Crippen LogP contribution in [0.4, 0.5) is 0 Å². The summed E-state index contributed by atoms with van der Waals surface area (Å²) >= 11 is 0. The molecule has 1 aromatic heterocycles. The van der Waals surface area contributed by atoms with Gasteiger partial charge in [0.15, 0.2) is 0 Å². The second-order valence-corrected chi connectivity index (χ2v) is 6.16. The Morgan fingerprint density at radius 3 is 2.71 bits per heavy atom. The van der Waals surface area contributed by atoms with Crippen molar-refractivity contribution in [2.75, 3.05) is 7.11 Å². The highest BCUT2D eigenvalue weighted by atomic mass is 16.5. The molecule has 1 aromatic rings. The van der Waals surface area contributed by atoms with Crippen LogP contribution in [0.15, 0.2) is 12.4 Å². The van der Waals surface area contributed by atoms with Crippen LogP contribution in [0.5, 0.6) is 0 Å². The van der Waals surface area contributed by atoms with E-state index in [4.69, 9.17) is 4.74 Å². The molecule has 21 heavy (non-hydrogen) atoms. The number of aryl methyl sites for hydroxylation is 2. The van der Waals surface area contributed by atoms with Crippen molar-refractivity contribution in [3.63, 3.8) is 0 Å². The summed E-state index contributed by atoms with van der Waals surface area (Å²) in [6, 6.07) is 0.796. The van der Waals surface area contributed by atoms with Crippen molar-refractivity contribution in [1.29, 1.82) is 0 Å². The zero-order chi connectivity index (χ0) is 14.8. The van der Waals surface area contributed by atoms with Gasteiger partial charge in [-0.05, 0) is 25.7 Å². The number of hydrogen-bond donors (Lipinski definition) is 0. The van der Waals surface area contributed by atoms with E-state index in [2.05, 4.69) is 21.4 Å². The average molecular weight is 291 g/mol. The molecule has 5 heteroatoms. The van der Waals surface area contributed by atoms with Crippen molar-refractivity contribution in [1.82, 2.24) is 14.5 Å². The van der Waals surface area contributed by atoms with Crippen LogP contribution in [-0.2, 0) is 22.5 Å². The van der Waals surface area contributed by atoms with E-state index in [0.717, 1.165) is 44.5 Å². The highest BCUT2D eigenvalue weighted by Crippen LogP contribution is 2.37. The van der Waals surface area contributed by atoms with Gasteiger partial charge in [-0.2, -0.15) is 0 Å². The summed E-state index contributed by atoms with van der Waals surface area (Å²) < 4.78 is 7.60. The highest BCUT2D eigenvalue weighted by molar-refractivity contribution is 5.77. The molecule has 2 aliphatic rings. The van der Waals surface area contributed by atoms with E-state index >= 15 is 0 Å². The van der Waals surface area contributed by atoms with Gasteiger partial charge >= 0.3 is 0 Å². The molecule has 0 spiro atoms. The van der Waals surface area contributed by atoms with Crippen molar-refractivity contribution < 1.29 is 9.53 Å². The Morgan fingerprint density at radius 2 is 2.10 bits per heavy atom. The number of rotatable bonds is 5. The number of carbonyl (C=O) groups is 1. The van der Waals surface area contributed by atoms with Crippen LogP contribution in [0.1, 0.15) is 44.9 Å². The first-order valence-corrected chi connectivity index (χ1v) is 8.06. The zero-order valence-corrected chi connectivity index (χ0v) is 13.0. The van der Waals surface area contributed by atoms with Gasteiger partial charge in [-0.3, -0.25) is 4.79 Å². The Kier molecular flexibility index (Phi) is 4.29. The number of amides is 1. The Hall–Kier alpha value is -1.36. The molecule has 2 bridgehead atoms. The third kappa shape index (κ3) is 2.84. The third-order valence-corrected chi connectivity index (χ3v) is 5.00. The summed E-state index contributed by atoms with van der Waals surface area (Å²) in [5.74, 6) is 1.36. The number of carbonyl (C=O) groups excluding carboxylic acids is 1. The van der Waals surface area contributed by atoms with E-state index in [0.29, 0.717) is 30.5 Å². The maximum Gasteiger partial charge on any atom is 0.224 e. The number of hydrogen-bond acceptors (Lipinski definition) is 3. The van der Waals surface area contributed by atoms with Gasteiger partial charge in [0.2, 0.25) is 5.91 Å². The minimum Gasteiger partial charge on any atom is -0.381 e. The van der Waals surface area contributed by atoms with Gasteiger partial charge in [-0.25, -0.2) is 4.98 Å². The molecular weight excluding hydrogens is 266 g/mol. The van der Waals surface area contributed by atoms with Crippen molar-refractivity contribution in [2.24, 2.45) is 0 Å². The number of imidazole rings is 1. The van der Waals surface area contributed by atoms with E-state index in [1.807, 2.05) is 12.4 Å². The standard InChI is InChI=1S/C16H25N3O2/c1-3-15-17-7-9-18(15)8-6-16(20)19-12-4-5-13(19)11-14(10-12)21-2/h7,9,12-14H,3-6,8,10-11H2,1-2H3/t12-,13+,14?. The van der Waals surface area contributed by atoms with Crippen LogP contribution < -0.4 is 0 Å². The van der Waals surface area contributed by atoms with Crippen molar-refractivity contribution >= 4 is 5.91 Å². The molecule has 116 valence electrons. The first-order valence-electron chi connectivity index (χ1n) is 8.06. The fourth-order valence-corrected chi connectivity index (χ4v) is 3.93. The lowest BCUT2D eigenvalue weighted by molar-refractivity contribution is -0.138. The van der Waals surface area contributed by atoms with Gasteiger partial charge in [-0.15, -0.1) is 0 Å². The molecule has 0 aromatic carbocycles. The quantitative estimate of drug-likeness (QED) is 0.833. The predicted molar refractivity (Wildman–Crippen MR) is 79.9 cm³/mol. The van der Waals surface area contributed by atoms with Gasteiger partial charge in [-0.1, -0.05) is 6.92 Å². The Balaban J connectivity index is 1.59. The van der Waals surface area contributed by atoms with Crippen LogP contribution in [0.3, 0.4) is 0 Å². The lowest BCUT2D eigenvalue weighted by atomic mass is 9.99. The molecule has 0 N–H and O–H groups in total. The normalized spacial score (nSPS) is 28.1. The largest absolute Gasteiger partial charge is 0.381 e. The Labute approximate surface area is 126 Å². The summed E-state index contributed by atoms with van der Waals surface area (Å²) in [6.45, 7) is 2.84. The van der Waals surface area contributed by atoms with E-state index in [1.54, 1.807) is 7.11 Å². The second-order valence-electron chi connectivity index (χ2n) is 6.16. The van der Waals surface area contributed by atoms with E-state index in [-0.39, 0.29) is 0 Å². The molecule has 1 unspecified atom stereocenters. The number of nitrogens with zero attached hydrogens (tertiary/aromatic N) is 3. The van der Waals surface area contributed by atoms with Gasteiger partial charge in [0.25, 0.3) is 0 Å². The van der Waals surface area contributed by atoms with Crippen molar-refractivity contribution in [2.45, 2.75) is 70.2 Å². The second kappa shape index (κ2) is 6.18.